The standard InChI is InChI=1S/C16H18N4O2S/c1-22-15-11-8-20(5-3-12(11)18-9-19-15)16(21)14-6-10-7-17-4-2-13(10)23-14/h6,9,17H,2-5,7-8H2,1H3. The summed E-state index contributed by atoms with van der Waals surface area (Å²) in [5.74, 6) is 0.670. The van der Waals surface area contributed by atoms with E-state index in [-0.39, 0.29) is 5.91 Å². The first-order valence-corrected chi connectivity index (χ1v) is 8.56. The molecule has 6 nitrogen and oxygen atoms in total. The molecule has 0 aromatic carbocycles. The van der Waals surface area contributed by atoms with Crippen LogP contribution in [-0.2, 0) is 25.9 Å². The summed E-state index contributed by atoms with van der Waals surface area (Å²) in [7, 11) is 1.60. The molecule has 2 aliphatic rings. The highest BCUT2D eigenvalue weighted by Crippen LogP contribution is 2.29. The average Bonchev–Trinajstić information content (AvgIpc) is 3.04. The Kier molecular flexibility index (Phi) is 3.74. The van der Waals surface area contributed by atoms with Gasteiger partial charge in [-0.3, -0.25) is 4.79 Å². The summed E-state index contributed by atoms with van der Waals surface area (Å²) in [5.41, 5.74) is 3.18. The van der Waals surface area contributed by atoms with Crippen LogP contribution in [0.25, 0.3) is 0 Å². The molecular weight excluding hydrogens is 312 g/mol. The Labute approximate surface area is 138 Å². The number of thiophene rings is 1. The number of nitrogens with zero attached hydrogens (tertiary/aromatic N) is 3. The fourth-order valence-electron chi connectivity index (χ4n) is 3.18. The highest BCUT2D eigenvalue weighted by atomic mass is 32.1. The molecule has 4 heterocycles. The van der Waals surface area contributed by atoms with Gasteiger partial charge in [0, 0.05) is 30.9 Å². The van der Waals surface area contributed by atoms with E-state index < -0.39 is 0 Å². The Morgan fingerprint density at radius 1 is 1.39 bits per heavy atom. The lowest BCUT2D eigenvalue weighted by atomic mass is 10.1. The molecule has 1 N–H and O–H groups in total. The topological polar surface area (TPSA) is 67.4 Å². The van der Waals surface area contributed by atoms with E-state index in [1.54, 1.807) is 18.4 Å². The molecule has 0 spiro atoms. The van der Waals surface area contributed by atoms with Crippen molar-refractivity contribution in [2.75, 3.05) is 20.2 Å². The van der Waals surface area contributed by atoms with Crippen molar-refractivity contribution in [1.82, 2.24) is 20.2 Å². The van der Waals surface area contributed by atoms with E-state index in [4.69, 9.17) is 4.74 Å². The molecule has 0 radical (unpaired) electrons. The van der Waals surface area contributed by atoms with Crippen LogP contribution in [0.15, 0.2) is 12.4 Å². The number of carbonyl (C=O) groups excluding carboxylic acids is 1. The van der Waals surface area contributed by atoms with Crippen molar-refractivity contribution in [3.05, 3.63) is 39.0 Å². The molecule has 23 heavy (non-hydrogen) atoms. The highest BCUT2D eigenvalue weighted by molar-refractivity contribution is 7.14. The molecule has 7 heteroatoms. The Morgan fingerprint density at radius 2 is 2.30 bits per heavy atom. The summed E-state index contributed by atoms with van der Waals surface area (Å²) >= 11 is 1.63. The van der Waals surface area contributed by atoms with Gasteiger partial charge < -0.3 is 15.0 Å². The molecule has 0 saturated heterocycles. The number of carbonyl (C=O) groups is 1. The zero-order valence-corrected chi connectivity index (χ0v) is 13.8. The van der Waals surface area contributed by atoms with Gasteiger partial charge >= 0.3 is 0 Å². The fraction of sp³-hybridized carbons (Fsp3) is 0.438. The van der Waals surface area contributed by atoms with E-state index in [1.807, 2.05) is 11.0 Å². The molecule has 0 aliphatic carbocycles. The van der Waals surface area contributed by atoms with E-state index in [2.05, 4.69) is 15.3 Å². The lowest BCUT2D eigenvalue weighted by Crippen LogP contribution is -2.36. The molecule has 0 bridgehead atoms. The SMILES string of the molecule is COc1ncnc2c1CN(C(=O)c1cc3c(s1)CCNC3)CC2. The number of ether oxygens (including phenoxy) is 1. The van der Waals surface area contributed by atoms with Crippen LogP contribution in [0.1, 0.15) is 31.4 Å². The minimum absolute atomic E-state index is 0.0981. The third kappa shape index (κ3) is 2.60. The number of hydrogen-bond donors (Lipinski definition) is 1. The van der Waals surface area contributed by atoms with Gasteiger partial charge in [0.1, 0.15) is 6.33 Å². The van der Waals surface area contributed by atoms with Gasteiger partial charge in [-0.1, -0.05) is 0 Å². The van der Waals surface area contributed by atoms with E-state index in [9.17, 15) is 4.79 Å². The van der Waals surface area contributed by atoms with Crippen molar-refractivity contribution in [2.45, 2.75) is 25.9 Å². The number of methoxy groups -OCH3 is 1. The highest BCUT2D eigenvalue weighted by Gasteiger charge is 2.27. The van der Waals surface area contributed by atoms with Crippen LogP contribution in [0.2, 0.25) is 0 Å². The quantitative estimate of drug-likeness (QED) is 0.901. The van der Waals surface area contributed by atoms with Gasteiger partial charge in [-0.05, 0) is 18.1 Å². The summed E-state index contributed by atoms with van der Waals surface area (Å²) in [6.45, 7) is 3.06. The summed E-state index contributed by atoms with van der Waals surface area (Å²) < 4.78 is 5.32. The fourth-order valence-corrected chi connectivity index (χ4v) is 4.33. The molecule has 0 unspecified atom stereocenters. The second-order valence-electron chi connectivity index (χ2n) is 5.77. The first kappa shape index (κ1) is 14.6. The monoisotopic (exact) mass is 330 g/mol. The summed E-state index contributed by atoms with van der Waals surface area (Å²) in [5, 5.41) is 3.35. The average molecular weight is 330 g/mol. The number of fused-ring (bicyclic) bond motifs is 2. The van der Waals surface area contributed by atoms with Gasteiger partial charge in [-0.25, -0.2) is 9.97 Å². The predicted octanol–water partition coefficient (Wildman–Crippen LogP) is 1.39. The maximum Gasteiger partial charge on any atom is 0.264 e. The first-order chi connectivity index (χ1) is 11.3. The van der Waals surface area contributed by atoms with Crippen molar-refractivity contribution < 1.29 is 9.53 Å². The largest absolute Gasteiger partial charge is 0.481 e. The van der Waals surface area contributed by atoms with E-state index in [1.165, 1.54) is 16.8 Å². The van der Waals surface area contributed by atoms with E-state index >= 15 is 0 Å². The molecule has 0 atom stereocenters. The van der Waals surface area contributed by atoms with E-state index in [0.717, 1.165) is 42.1 Å². The van der Waals surface area contributed by atoms with Crippen LogP contribution in [0, 0.1) is 0 Å². The second kappa shape index (κ2) is 5.90. The predicted molar refractivity (Wildman–Crippen MR) is 86.8 cm³/mol. The zero-order chi connectivity index (χ0) is 15.8. The third-order valence-electron chi connectivity index (χ3n) is 4.39. The lowest BCUT2D eigenvalue weighted by molar-refractivity contribution is 0.0736. The maximum atomic E-state index is 12.9. The van der Waals surface area contributed by atoms with Gasteiger partial charge in [0.05, 0.1) is 29.8 Å². The molecular formula is C16H18N4O2S. The molecule has 0 fully saturated rings. The summed E-state index contributed by atoms with van der Waals surface area (Å²) in [6, 6.07) is 2.04. The third-order valence-corrected chi connectivity index (χ3v) is 5.62. The number of nitrogens with one attached hydrogen (secondary N) is 1. The Morgan fingerprint density at radius 3 is 3.13 bits per heavy atom. The Bertz CT molecular complexity index is 721. The van der Waals surface area contributed by atoms with Crippen molar-refractivity contribution in [3.8, 4) is 5.88 Å². The second-order valence-corrected chi connectivity index (χ2v) is 6.91. The van der Waals surface area contributed by atoms with Crippen LogP contribution in [0.5, 0.6) is 5.88 Å². The normalized spacial score (nSPS) is 16.7. The van der Waals surface area contributed by atoms with Gasteiger partial charge in [0.15, 0.2) is 0 Å². The van der Waals surface area contributed by atoms with Crippen LogP contribution < -0.4 is 10.1 Å². The van der Waals surface area contributed by atoms with Crippen LogP contribution in [0.3, 0.4) is 0 Å². The minimum atomic E-state index is 0.0981. The molecule has 1 amide bonds. The number of hydrogen-bond acceptors (Lipinski definition) is 6. The summed E-state index contributed by atoms with van der Waals surface area (Å²) in [4.78, 5) is 25.4. The van der Waals surface area contributed by atoms with Gasteiger partial charge in [0.25, 0.3) is 5.91 Å². The first-order valence-electron chi connectivity index (χ1n) is 7.74. The molecule has 0 saturated carbocycles. The minimum Gasteiger partial charge on any atom is -0.481 e. The number of rotatable bonds is 2. The van der Waals surface area contributed by atoms with Crippen LogP contribution in [-0.4, -0.2) is 41.0 Å². The van der Waals surface area contributed by atoms with Crippen molar-refractivity contribution in [2.24, 2.45) is 0 Å². The van der Waals surface area contributed by atoms with Crippen molar-refractivity contribution in [1.29, 1.82) is 0 Å². The van der Waals surface area contributed by atoms with Crippen LogP contribution in [0.4, 0.5) is 0 Å². The number of aromatic nitrogens is 2. The van der Waals surface area contributed by atoms with Crippen LogP contribution >= 0.6 is 11.3 Å². The molecule has 120 valence electrons. The zero-order valence-electron chi connectivity index (χ0n) is 13.0. The number of amides is 1. The van der Waals surface area contributed by atoms with Gasteiger partial charge in [-0.2, -0.15) is 0 Å². The Hall–Kier alpha value is -1.99. The van der Waals surface area contributed by atoms with E-state index in [0.29, 0.717) is 19.0 Å². The Balaban J connectivity index is 1.59. The van der Waals surface area contributed by atoms with Gasteiger partial charge in [-0.15, -0.1) is 11.3 Å². The van der Waals surface area contributed by atoms with Crippen molar-refractivity contribution in [3.63, 3.8) is 0 Å². The summed E-state index contributed by atoms with van der Waals surface area (Å²) in [6.07, 6.45) is 3.28. The molecule has 2 aromatic rings. The molecule has 2 aliphatic heterocycles. The van der Waals surface area contributed by atoms with Crippen molar-refractivity contribution >= 4 is 17.2 Å². The molecule has 4 rings (SSSR count). The molecule has 2 aromatic heterocycles. The lowest BCUT2D eigenvalue weighted by Gasteiger charge is -2.28. The maximum absolute atomic E-state index is 12.9. The van der Waals surface area contributed by atoms with Gasteiger partial charge in [0.2, 0.25) is 5.88 Å². The smallest absolute Gasteiger partial charge is 0.264 e.